The summed E-state index contributed by atoms with van der Waals surface area (Å²) in [6, 6.07) is 4.99. The average Bonchev–Trinajstić information content (AvgIpc) is 2.38. The van der Waals surface area contributed by atoms with E-state index in [-0.39, 0.29) is 0 Å². The minimum absolute atomic E-state index is 0.339. The Labute approximate surface area is 122 Å². The maximum absolute atomic E-state index is 12.6. The van der Waals surface area contributed by atoms with Crippen molar-refractivity contribution in [2.75, 3.05) is 11.9 Å². The summed E-state index contributed by atoms with van der Waals surface area (Å²) in [5, 5.41) is 6.10. The quantitative estimate of drug-likeness (QED) is 0.594. The summed E-state index contributed by atoms with van der Waals surface area (Å²) < 4.78 is 37.7. The molecule has 0 radical (unpaired) electrons. The Morgan fingerprint density at radius 2 is 1.95 bits per heavy atom. The van der Waals surface area contributed by atoms with Crippen molar-refractivity contribution in [1.82, 2.24) is 5.32 Å². The first-order chi connectivity index (χ1) is 9.43. The van der Waals surface area contributed by atoms with Gasteiger partial charge in [-0.15, -0.1) is 0 Å². The first-order valence-electron chi connectivity index (χ1n) is 6.65. The Hall–Kier alpha value is -1.30. The van der Waals surface area contributed by atoms with Crippen LogP contribution in [0.15, 0.2) is 24.3 Å². The predicted octanol–water partition coefficient (Wildman–Crippen LogP) is 4.57. The molecular weight excluding hydrogens is 285 g/mol. The Morgan fingerprint density at radius 3 is 2.60 bits per heavy atom. The fourth-order valence-electron chi connectivity index (χ4n) is 1.70. The Kier molecular flexibility index (Phi) is 6.78. The maximum Gasteiger partial charge on any atom is 0.416 e. The second-order valence-corrected chi connectivity index (χ2v) is 4.93. The summed E-state index contributed by atoms with van der Waals surface area (Å²) in [6.45, 7) is 2.86. The summed E-state index contributed by atoms with van der Waals surface area (Å²) in [5.74, 6) is 0. The first-order valence-corrected chi connectivity index (χ1v) is 7.06. The number of benzene rings is 1. The van der Waals surface area contributed by atoms with Crippen LogP contribution >= 0.6 is 12.2 Å². The molecule has 112 valence electrons. The molecule has 2 nitrogen and oxygen atoms in total. The number of rotatable bonds is 6. The van der Waals surface area contributed by atoms with Crippen LogP contribution in [-0.4, -0.2) is 11.7 Å². The fraction of sp³-hybridized carbons (Fsp3) is 0.500. The van der Waals surface area contributed by atoms with Crippen molar-refractivity contribution >= 4 is 23.0 Å². The molecule has 1 rings (SSSR count). The molecule has 0 heterocycles. The molecule has 0 saturated heterocycles. The van der Waals surface area contributed by atoms with Crippen molar-refractivity contribution in [3.63, 3.8) is 0 Å². The molecule has 0 bridgehead atoms. The summed E-state index contributed by atoms with van der Waals surface area (Å²) >= 11 is 5.05. The van der Waals surface area contributed by atoms with Gasteiger partial charge in [0.25, 0.3) is 0 Å². The Balaban J connectivity index is 2.42. The lowest BCUT2D eigenvalue weighted by molar-refractivity contribution is -0.137. The molecule has 0 aromatic heterocycles. The van der Waals surface area contributed by atoms with Crippen molar-refractivity contribution in [1.29, 1.82) is 0 Å². The second-order valence-electron chi connectivity index (χ2n) is 4.52. The summed E-state index contributed by atoms with van der Waals surface area (Å²) in [5.41, 5.74) is -0.348. The molecule has 1 aromatic carbocycles. The molecule has 0 saturated carbocycles. The molecule has 1 aromatic rings. The van der Waals surface area contributed by atoms with Crippen molar-refractivity contribution in [2.24, 2.45) is 0 Å². The zero-order chi connectivity index (χ0) is 15.0. The van der Waals surface area contributed by atoms with Gasteiger partial charge in [0.05, 0.1) is 5.56 Å². The maximum atomic E-state index is 12.6. The van der Waals surface area contributed by atoms with Gasteiger partial charge in [0.2, 0.25) is 0 Å². The third kappa shape index (κ3) is 6.23. The van der Waals surface area contributed by atoms with Crippen molar-refractivity contribution in [2.45, 2.75) is 38.8 Å². The van der Waals surface area contributed by atoms with E-state index in [0.29, 0.717) is 10.8 Å². The SMILES string of the molecule is CCCCCCNC(=S)Nc1cccc(C(F)(F)F)c1. The molecule has 0 spiro atoms. The van der Waals surface area contributed by atoms with Gasteiger partial charge in [-0.1, -0.05) is 32.3 Å². The monoisotopic (exact) mass is 304 g/mol. The lowest BCUT2D eigenvalue weighted by atomic mass is 10.2. The van der Waals surface area contributed by atoms with Crippen LogP contribution in [0.25, 0.3) is 0 Å². The van der Waals surface area contributed by atoms with Gasteiger partial charge in [-0.3, -0.25) is 0 Å². The third-order valence-corrected chi connectivity index (χ3v) is 3.01. The van der Waals surface area contributed by atoms with Crippen LogP contribution in [0.4, 0.5) is 18.9 Å². The third-order valence-electron chi connectivity index (χ3n) is 2.76. The van der Waals surface area contributed by atoms with E-state index in [1.54, 1.807) is 6.07 Å². The van der Waals surface area contributed by atoms with Gasteiger partial charge in [-0.25, -0.2) is 0 Å². The van der Waals surface area contributed by atoms with E-state index < -0.39 is 11.7 Å². The smallest absolute Gasteiger partial charge is 0.362 e. The van der Waals surface area contributed by atoms with Crippen molar-refractivity contribution < 1.29 is 13.2 Å². The topological polar surface area (TPSA) is 24.1 Å². The summed E-state index contributed by atoms with van der Waals surface area (Å²) in [7, 11) is 0. The molecule has 0 atom stereocenters. The Morgan fingerprint density at radius 1 is 1.20 bits per heavy atom. The van der Waals surface area contributed by atoms with Crippen molar-refractivity contribution in [3.05, 3.63) is 29.8 Å². The first kappa shape index (κ1) is 16.8. The zero-order valence-corrected chi connectivity index (χ0v) is 12.2. The number of halogens is 3. The van der Waals surface area contributed by atoms with E-state index in [1.165, 1.54) is 12.5 Å². The number of hydrogen-bond donors (Lipinski definition) is 2. The molecule has 0 fully saturated rings. The molecule has 0 amide bonds. The number of alkyl halides is 3. The van der Waals surface area contributed by atoms with E-state index >= 15 is 0 Å². The second kappa shape index (κ2) is 8.09. The molecule has 0 aliphatic rings. The van der Waals surface area contributed by atoms with Crippen LogP contribution in [-0.2, 0) is 6.18 Å². The fourth-order valence-corrected chi connectivity index (χ4v) is 1.92. The predicted molar refractivity (Wildman–Crippen MR) is 79.8 cm³/mol. The van der Waals surface area contributed by atoms with Gasteiger partial charge >= 0.3 is 6.18 Å². The highest BCUT2D eigenvalue weighted by molar-refractivity contribution is 7.80. The van der Waals surface area contributed by atoms with E-state index in [2.05, 4.69) is 17.6 Å². The standard InChI is InChI=1S/C14H19F3N2S/c1-2-3-4-5-9-18-13(20)19-12-8-6-7-11(10-12)14(15,16)17/h6-8,10H,2-5,9H2,1H3,(H2,18,19,20). The number of hydrogen-bond acceptors (Lipinski definition) is 1. The van der Waals surface area contributed by atoms with Gasteiger partial charge < -0.3 is 10.6 Å². The van der Waals surface area contributed by atoms with Crippen molar-refractivity contribution in [3.8, 4) is 0 Å². The van der Waals surface area contributed by atoms with Crippen LogP contribution in [0.3, 0.4) is 0 Å². The molecule has 0 aliphatic carbocycles. The van der Waals surface area contributed by atoms with Crippen LogP contribution < -0.4 is 10.6 Å². The Bertz CT molecular complexity index is 433. The van der Waals surface area contributed by atoms with Gasteiger partial charge in [-0.2, -0.15) is 13.2 Å². The molecule has 2 N–H and O–H groups in total. The lowest BCUT2D eigenvalue weighted by Gasteiger charge is -2.12. The minimum Gasteiger partial charge on any atom is -0.362 e. The van der Waals surface area contributed by atoms with Crippen LogP contribution in [0.1, 0.15) is 38.2 Å². The number of thiocarbonyl (C=S) groups is 1. The molecule has 20 heavy (non-hydrogen) atoms. The lowest BCUT2D eigenvalue weighted by Crippen LogP contribution is -2.29. The van der Waals surface area contributed by atoms with Crippen LogP contribution in [0.2, 0.25) is 0 Å². The van der Waals surface area contributed by atoms with Gasteiger partial charge in [-0.05, 0) is 36.8 Å². The minimum atomic E-state index is -4.34. The largest absolute Gasteiger partial charge is 0.416 e. The highest BCUT2D eigenvalue weighted by Crippen LogP contribution is 2.30. The van der Waals surface area contributed by atoms with Crippen LogP contribution in [0.5, 0.6) is 0 Å². The summed E-state index contributed by atoms with van der Waals surface area (Å²) in [6.07, 6.45) is 0.114. The summed E-state index contributed by atoms with van der Waals surface area (Å²) in [4.78, 5) is 0. The van der Waals surface area contributed by atoms with Gasteiger partial charge in [0, 0.05) is 12.2 Å². The van der Waals surface area contributed by atoms with Crippen LogP contribution in [0, 0.1) is 0 Å². The highest BCUT2D eigenvalue weighted by atomic mass is 32.1. The van der Waals surface area contributed by atoms with E-state index in [9.17, 15) is 13.2 Å². The van der Waals surface area contributed by atoms with E-state index in [0.717, 1.165) is 37.9 Å². The number of unbranched alkanes of at least 4 members (excludes halogenated alkanes) is 3. The average molecular weight is 304 g/mol. The highest BCUT2D eigenvalue weighted by Gasteiger charge is 2.30. The normalized spacial score (nSPS) is 11.2. The van der Waals surface area contributed by atoms with Gasteiger partial charge in [0.15, 0.2) is 5.11 Å². The number of nitrogens with one attached hydrogen (secondary N) is 2. The zero-order valence-electron chi connectivity index (χ0n) is 11.4. The van der Waals surface area contributed by atoms with E-state index in [4.69, 9.17) is 12.2 Å². The molecule has 6 heteroatoms. The number of anilines is 1. The molecular formula is C14H19F3N2S. The molecule has 0 aliphatic heterocycles. The van der Waals surface area contributed by atoms with Gasteiger partial charge in [0.1, 0.15) is 0 Å². The molecule has 0 unspecified atom stereocenters. The van der Waals surface area contributed by atoms with E-state index in [1.807, 2.05) is 0 Å².